The van der Waals surface area contributed by atoms with Crippen molar-refractivity contribution in [2.75, 3.05) is 0 Å². The van der Waals surface area contributed by atoms with Gasteiger partial charge in [-0.05, 0) is 72.8 Å². The SMILES string of the molecule is CC(/C=C/C=C(\C)c1ccc2c(c1)C1CCC2C1)=C\C(=O)O. The van der Waals surface area contributed by atoms with E-state index in [1.807, 2.05) is 18.2 Å². The van der Waals surface area contributed by atoms with Gasteiger partial charge in [0.05, 0.1) is 0 Å². The fourth-order valence-corrected chi connectivity index (χ4v) is 3.78. The maximum absolute atomic E-state index is 10.6. The van der Waals surface area contributed by atoms with Crippen LogP contribution < -0.4 is 0 Å². The number of hydrogen-bond acceptors (Lipinski definition) is 1. The lowest BCUT2D eigenvalue weighted by Gasteiger charge is -2.16. The van der Waals surface area contributed by atoms with Gasteiger partial charge in [0.15, 0.2) is 0 Å². The Balaban J connectivity index is 1.77. The molecule has 2 aliphatic carbocycles. The summed E-state index contributed by atoms with van der Waals surface area (Å²) in [5.74, 6) is 0.683. The van der Waals surface area contributed by atoms with Gasteiger partial charge in [-0.25, -0.2) is 4.79 Å². The van der Waals surface area contributed by atoms with Crippen LogP contribution >= 0.6 is 0 Å². The average molecular weight is 294 g/mol. The summed E-state index contributed by atoms with van der Waals surface area (Å²) in [5.41, 5.74) is 6.36. The van der Waals surface area contributed by atoms with E-state index in [0.29, 0.717) is 0 Å². The van der Waals surface area contributed by atoms with E-state index in [-0.39, 0.29) is 0 Å². The highest BCUT2D eigenvalue weighted by Gasteiger charge is 2.36. The van der Waals surface area contributed by atoms with Crippen molar-refractivity contribution < 1.29 is 9.90 Å². The molecular formula is C20H22O2. The predicted molar refractivity (Wildman–Crippen MR) is 90.0 cm³/mol. The van der Waals surface area contributed by atoms with Crippen LogP contribution in [0.3, 0.4) is 0 Å². The van der Waals surface area contributed by atoms with Gasteiger partial charge >= 0.3 is 5.97 Å². The van der Waals surface area contributed by atoms with E-state index >= 15 is 0 Å². The molecule has 2 atom stereocenters. The first-order valence-electron chi connectivity index (χ1n) is 7.95. The number of aliphatic carboxylic acids is 1. The Kier molecular flexibility index (Phi) is 4.02. The number of rotatable bonds is 4. The highest BCUT2D eigenvalue weighted by atomic mass is 16.4. The molecule has 1 aromatic carbocycles. The molecule has 1 fully saturated rings. The van der Waals surface area contributed by atoms with E-state index in [0.717, 1.165) is 17.4 Å². The van der Waals surface area contributed by atoms with Crippen molar-refractivity contribution in [1.82, 2.24) is 0 Å². The van der Waals surface area contributed by atoms with Gasteiger partial charge in [0.25, 0.3) is 0 Å². The molecule has 0 spiro atoms. The molecule has 2 unspecified atom stereocenters. The van der Waals surface area contributed by atoms with Crippen LogP contribution in [-0.2, 0) is 4.79 Å². The maximum Gasteiger partial charge on any atom is 0.328 e. The third-order valence-corrected chi connectivity index (χ3v) is 4.91. The zero-order valence-electron chi connectivity index (χ0n) is 13.2. The van der Waals surface area contributed by atoms with E-state index in [1.54, 1.807) is 18.1 Å². The van der Waals surface area contributed by atoms with E-state index in [1.165, 1.54) is 36.5 Å². The molecule has 0 aliphatic heterocycles. The molecule has 2 nitrogen and oxygen atoms in total. The fourth-order valence-electron chi connectivity index (χ4n) is 3.78. The molecule has 2 bridgehead atoms. The van der Waals surface area contributed by atoms with Crippen LogP contribution in [0.25, 0.3) is 5.57 Å². The highest BCUT2D eigenvalue weighted by Crippen LogP contribution is 2.53. The molecule has 2 heteroatoms. The largest absolute Gasteiger partial charge is 0.478 e. The van der Waals surface area contributed by atoms with E-state index in [9.17, 15) is 4.79 Å². The number of benzene rings is 1. The Labute approximate surface area is 131 Å². The number of hydrogen-bond donors (Lipinski definition) is 1. The standard InChI is InChI=1S/C20H22O2/c1-13(10-20(21)22)4-3-5-14(2)15-8-9-18-16-6-7-17(11-16)19(18)12-15/h3-5,8-10,12,16-17H,6-7,11H2,1-2H3,(H,21,22)/b4-3+,13-10+,14-5+. The second-order valence-electron chi connectivity index (χ2n) is 6.49. The summed E-state index contributed by atoms with van der Waals surface area (Å²) in [6.45, 7) is 3.90. The number of carboxylic acids is 1. The minimum atomic E-state index is -0.906. The molecule has 0 radical (unpaired) electrons. The summed E-state index contributed by atoms with van der Waals surface area (Å²) in [6.07, 6.45) is 11.1. The first-order chi connectivity index (χ1) is 10.5. The van der Waals surface area contributed by atoms with Gasteiger partial charge in [-0.1, -0.05) is 36.4 Å². The van der Waals surface area contributed by atoms with Crippen LogP contribution in [0.15, 0.2) is 48.1 Å². The van der Waals surface area contributed by atoms with E-state index < -0.39 is 5.97 Å². The average Bonchev–Trinajstić information content (AvgIpc) is 3.07. The van der Waals surface area contributed by atoms with Crippen LogP contribution in [0.4, 0.5) is 0 Å². The zero-order chi connectivity index (χ0) is 15.7. The Morgan fingerprint density at radius 3 is 2.64 bits per heavy atom. The second kappa shape index (κ2) is 5.96. The quantitative estimate of drug-likeness (QED) is 0.624. The van der Waals surface area contributed by atoms with Gasteiger partial charge < -0.3 is 5.11 Å². The minimum absolute atomic E-state index is 0.739. The molecule has 1 saturated carbocycles. The molecule has 2 aliphatic rings. The lowest BCUT2D eigenvalue weighted by Crippen LogP contribution is -1.98. The number of carbonyl (C=O) groups is 1. The van der Waals surface area contributed by atoms with E-state index in [2.05, 4.69) is 25.1 Å². The van der Waals surface area contributed by atoms with Gasteiger partial charge in [-0.3, -0.25) is 0 Å². The molecule has 114 valence electrons. The van der Waals surface area contributed by atoms with Crippen LogP contribution in [0.5, 0.6) is 0 Å². The van der Waals surface area contributed by atoms with Gasteiger partial charge in [-0.15, -0.1) is 0 Å². The van der Waals surface area contributed by atoms with Gasteiger partial charge in [0, 0.05) is 6.08 Å². The number of carboxylic acid groups (broad SMARTS) is 1. The van der Waals surface area contributed by atoms with Crippen molar-refractivity contribution in [2.45, 2.75) is 44.9 Å². The summed E-state index contributed by atoms with van der Waals surface area (Å²) in [7, 11) is 0. The molecule has 22 heavy (non-hydrogen) atoms. The van der Waals surface area contributed by atoms with Crippen LogP contribution in [-0.4, -0.2) is 11.1 Å². The first-order valence-corrected chi connectivity index (χ1v) is 7.95. The van der Waals surface area contributed by atoms with Crippen LogP contribution in [0.2, 0.25) is 0 Å². The molecular weight excluding hydrogens is 272 g/mol. The third kappa shape index (κ3) is 2.92. The fraction of sp³-hybridized carbons (Fsp3) is 0.350. The monoisotopic (exact) mass is 294 g/mol. The Hall–Kier alpha value is -2.09. The molecule has 1 aromatic rings. The second-order valence-corrected chi connectivity index (χ2v) is 6.49. The Bertz CT molecular complexity index is 692. The summed E-state index contributed by atoms with van der Waals surface area (Å²) >= 11 is 0. The Morgan fingerprint density at radius 2 is 1.91 bits per heavy atom. The van der Waals surface area contributed by atoms with Gasteiger partial charge in [0.1, 0.15) is 0 Å². The predicted octanol–water partition coefficient (Wildman–Crippen LogP) is 5.04. The molecule has 0 amide bonds. The lowest BCUT2D eigenvalue weighted by molar-refractivity contribution is -0.131. The lowest BCUT2D eigenvalue weighted by atomic mass is 9.89. The normalized spacial score (nSPS) is 24.1. The summed E-state index contributed by atoms with van der Waals surface area (Å²) < 4.78 is 0. The third-order valence-electron chi connectivity index (χ3n) is 4.91. The molecule has 0 saturated heterocycles. The van der Waals surface area contributed by atoms with Crippen molar-refractivity contribution in [3.8, 4) is 0 Å². The molecule has 1 N–H and O–H groups in total. The van der Waals surface area contributed by atoms with Crippen molar-refractivity contribution >= 4 is 11.5 Å². The van der Waals surface area contributed by atoms with Gasteiger partial charge in [-0.2, -0.15) is 0 Å². The van der Waals surface area contributed by atoms with Crippen molar-refractivity contribution in [2.24, 2.45) is 0 Å². The van der Waals surface area contributed by atoms with Gasteiger partial charge in [0.2, 0.25) is 0 Å². The maximum atomic E-state index is 10.6. The number of allylic oxidation sites excluding steroid dienone is 5. The molecule has 3 rings (SSSR count). The first kappa shape index (κ1) is 14.8. The molecule has 0 heterocycles. The topological polar surface area (TPSA) is 37.3 Å². The Morgan fingerprint density at radius 1 is 1.18 bits per heavy atom. The number of fused-ring (bicyclic) bond motifs is 5. The van der Waals surface area contributed by atoms with Crippen LogP contribution in [0.1, 0.15) is 61.6 Å². The summed E-state index contributed by atoms with van der Waals surface area (Å²) in [4.78, 5) is 10.6. The minimum Gasteiger partial charge on any atom is -0.478 e. The summed E-state index contributed by atoms with van der Waals surface area (Å²) in [6, 6.07) is 6.89. The van der Waals surface area contributed by atoms with Crippen molar-refractivity contribution in [3.63, 3.8) is 0 Å². The van der Waals surface area contributed by atoms with Crippen molar-refractivity contribution in [3.05, 3.63) is 64.8 Å². The zero-order valence-corrected chi connectivity index (χ0v) is 13.2. The smallest absolute Gasteiger partial charge is 0.328 e. The molecule has 0 aromatic heterocycles. The van der Waals surface area contributed by atoms with E-state index in [4.69, 9.17) is 5.11 Å². The summed E-state index contributed by atoms with van der Waals surface area (Å²) in [5, 5.41) is 8.69. The van der Waals surface area contributed by atoms with Crippen molar-refractivity contribution in [1.29, 1.82) is 0 Å². The highest BCUT2D eigenvalue weighted by molar-refractivity contribution is 5.81. The van der Waals surface area contributed by atoms with Crippen LogP contribution in [0, 0.1) is 0 Å².